The summed E-state index contributed by atoms with van der Waals surface area (Å²) >= 11 is 2.89. The lowest BCUT2D eigenvalue weighted by Gasteiger charge is -2.05. The molecule has 1 rings (SSSR count). The average Bonchev–Trinajstić information content (AvgIpc) is 2.03. The van der Waals surface area contributed by atoms with Gasteiger partial charge in [-0.1, -0.05) is 15.9 Å². The molecule has 1 heterocycles. The van der Waals surface area contributed by atoms with Crippen LogP contribution in [0.4, 0.5) is 13.2 Å². The Bertz CT molecular complexity index is 319. The number of aromatic nitrogens is 1. The number of halogens is 4. The summed E-state index contributed by atoms with van der Waals surface area (Å²) < 4.78 is 37.0. The van der Waals surface area contributed by atoms with Gasteiger partial charge in [-0.3, -0.25) is 0 Å². The topological polar surface area (TPSA) is 33.1 Å². The summed E-state index contributed by atoms with van der Waals surface area (Å²) in [6.07, 6.45) is -2.90. The van der Waals surface area contributed by atoms with E-state index in [0.717, 1.165) is 0 Å². The number of rotatable bonds is 2. The Hall–Kier alpha value is -0.780. The molecule has 6 heteroatoms. The van der Waals surface area contributed by atoms with Crippen molar-refractivity contribution < 1.29 is 18.3 Å². The summed E-state index contributed by atoms with van der Waals surface area (Å²) in [5, 5.41) is 8.91. The second-order valence-electron chi connectivity index (χ2n) is 2.26. The van der Waals surface area contributed by atoms with E-state index in [9.17, 15) is 13.2 Å². The molecule has 0 atom stereocenters. The maximum atomic E-state index is 12.8. The molecule has 72 valence electrons. The molecule has 2 nitrogen and oxygen atoms in total. The van der Waals surface area contributed by atoms with Crippen LogP contribution in [-0.4, -0.2) is 10.1 Å². The van der Waals surface area contributed by atoms with Gasteiger partial charge < -0.3 is 5.11 Å². The molecule has 0 amide bonds. The number of pyridine rings is 1. The van der Waals surface area contributed by atoms with Crippen molar-refractivity contribution in [1.82, 2.24) is 4.98 Å². The van der Waals surface area contributed by atoms with Gasteiger partial charge in [0.1, 0.15) is 17.3 Å². The molecule has 0 aliphatic carbocycles. The second kappa shape index (κ2) is 3.95. The molecule has 1 aromatic rings. The van der Waals surface area contributed by atoms with Crippen molar-refractivity contribution in [3.63, 3.8) is 0 Å². The van der Waals surface area contributed by atoms with E-state index in [-0.39, 0.29) is 11.0 Å². The quantitative estimate of drug-likeness (QED) is 0.825. The Balaban J connectivity index is 3.22. The van der Waals surface area contributed by atoms with Gasteiger partial charge in [-0.15, -0.1) is 0 Å². The third kappa shape index (κ3) is 2.12. The summed E-state index contributed by atoms with van der Waals surface area (Å²) in [7, 11) is 0. The third-order valence-corrected chi connectivity index (χ3v) is 1.92. The predicted octanol–water partition coefficient (Wildman–Crippen LogP) is 2.76. The first-order chi connectivity index (χ1) is 6.06. The van der Waals surface area contributed by atoms with E-state index in [1.807, 2.05) is 0 Å². The molecular formula is C7H5BrF3NO. The Labute approximate surface area is 80.5 Å². The van der Waals surface area contributed by atoms with Crippen LogP contribution in [0.3, 0.4) is 0 Å². The third-order valence-electron chi connectivity index (χ3n) is 1.39. The van der Waals surface area contributed by atoms with Gasteiger partial charge in [0.2, 0.25) is 0 Å². The largest absolute Gasteiger partial charge is 0.506 e. The van der Waals surface area contributed by atoms with Crippen molar-refractivity contribution in [1.29, 1.82) is 0 Å². The first-order valence-electron chi connectivity index (χ1n) is 3.28. The van der Waals surface area contributed by atoms with Gasteiger partial charge in [0.15, 0.2) is 0 Å². The van der Waals surface area contributed by atoms with Crippen LogP contribution in [0.1, 0.15) is 17.8 Å². The summed E-state index contributed by atoms with van der Waals surface area (Å²) in [6.45, 7) is 0. The van der Waals surface area contributed by atoms with Crippen molar-refractivity contribution in [3.05, 3.63) is 23.3 Å². The van der Waals surface area contributed by atoms with E-state index in [0.29, 0.717) is 6.07 Å². The zero-order valence-corrected chi connectivity index (χ0v) is 7.85. The van der Waals surface area contributed by atoms with Crippen LogP contribution in [0.25, 0.3) is 0 Å². The average molecular weight is 256 g/mol. The van der Waals surface area contributed by atoms with E-state index >= 15 is 0 Å². The first-order valence-corrected chi connectivity index (χ1v) is 4.40. The molecule has 0 bridgehead atoms. The van der Waals surface area contributed by atoms with E-state index in [1.165, 1.54) is 0 Å². The number of hydrogen-bond donors (Lipinski definition) is 1. The summed E-state index contributed by atoms with van der Waals surface area (Å²) in [5.41, 5.74) is -0.941. The number of alkyl halides is 3. The molecule has 0 aliphatic heterocycles. The lowest BCUT2D eigenvalue weighted by molar-refractivity contribution is 0.141. The molecule has 0 spiro atoms. The molecule has 13 heavy (non-hydrogen) atoms. The Morgan fingerprint density at radius 1 is 1.54 bits per heavy atom. The maximum absolute atomic E-state index is 12.8. The molecule has 0 radical (unpaired) electrons. The Kier molecular flexibility index (Phi) is 3.13. The van der Waals surface area contributed by atoms with E-state index in [2.05, 4.69) is 20.9 Å². The lowest BCUT2D eigenvalue weighted by atomic mass is 10.3. The van der Waals surface area contributed by atoms with Crippen molar-refractivity contribution in [2.75, 3.05) is 0 Å². The highest BCUT2D eigenvalue weighted by Gasteiger charge is 2.17. The van der Waals surface area contributed by atoms with Crippen LogP contribution in [0.5, 0.6) is 5.75 Å². The molecule has 1 aromatic heterocycles. The van der Waals surface area contributed by atoms with Crippen LogP contribution in [0.15, 0.2) is 6.07 Å². The zero-order chi connectivity index (χ0) is 10.0. The van der Waals surface area contributed by atoms with Crippen LogP contribution < -0.4 is 0 Å². The molecule has 0 aliphatic rings. The monoisotopic (exact) mass is 255 g/mol. The number of aromatic hydroxyl groups is 1. The summed E-state index contributed by atoms with van der Waals surface area (Å²) in [5.74, 6) is -1.63. The van der Waals surface area contributed by atoms with Crippen molar-refractivity contribution >= 4 is 15.9 Å². The standard InChI is InChI=1S/C7H5BrF3NO/c8-2-4-3(9)1-5(13)6(12-4)7(10)11/h1,7,13H,2H2. The van der Waals surface area contributed by atoms with E-state index in [4.69, 9.17) is 5.11 Å². The molecule has 1 N–H and O–H groups in total. The van der Waals surface area contributed by atoms with Crippen LogP contribution in [0, 0.1) is 5.82 Å². The summed E-state index contributed by atoms with van der Waals surface area (Å²) in [6, 6.07) is 0.630. The Morgan fingerprint density at radius 2 is 2.15 bits per heavy atom. The smallest absolute Gasteiger partial charge is 0.284 e. The number of hydrogen-bond acceptors (Lipinski definition) is 2. The summed E-state index contributed by atoms with van der Waals surface area (Å²) in [4.78, 5) is 3.27. The van der Waals surface area contributed by atoms with Crippen molar-refractivity contribution in [3.8, 4) is 5.75 Å². The molecular weight excluding hydrogens is 251 g/mol. The van der Waals surface area contributed by atoms with Gasteiger partial charge in [0.25, 0.3) is 6.43 Å². The van der Waals surface area contributed by atoms with Crippen LogP contribution in [0.2, 0.25) is 0 Å². The minimum absolute atomic E-state index is 0.0266. The Morgan fingerprint density at radius 3 is 2.62 bits per heavy atom. The molecule has 0 unspecified atom stereocenters. The highest BCUT2D eigenvalue weighted by atomic mass is 79.9. The minimum atomic E-state index is -2.90. The van der Waals surface area contributed by atoms with Gasteiger partial charge in [-0.2, -0.15) is 0 Å². The highest BCUT2D eigenvalue weighted by molar-refractivity contribution is 9.08. The highest BCUT2D eigenvalue weighted by Crippen LogP contribution is 2.28. The fraction of sp³-hybridized carbons (Fsp3) is 0.286. The number of nitrogens with zero attached hydrogens (tertiary/aromatic N) is 1. The lowest BCUT2D eigenvalue weighted by Crippen LogP contribution is -1.98. The normalized spacial score (nSPS) is 10.8. The first kappa shape index (κ1) is 10.3. The molecule has 0 saturated carbocycles. The SMILES string of the molecule is Oc1cc(F)c(CBr)nc1C(F)F. The van der Waals surface area contributed by atoms with Gasteiger partial charge in [0, 0.05) is 11.4 Å². The maximum Gasteiger partial charge on any atom is 0.284 e. The molecule has 0 aromatic carbocycles. The van der Waals surface area contributed by atoms with Crippen molar-refractivity contribution in [2.45, 2.75) is 11.8 Å². The van der Waals surface area contributed by atoms with Gasteiger partial charge in [-0.25, -0.2) is 18.2 Å². The fourth-order valence-corrected chi connectivity index (χ4v) is 1.18. The van der Waals surface area contributed by atoms with Crippen LogP contribution >= 0.6 is 15.9 Å². The van der Waals surface area contributed by atoms with E-state index < -0.39 is 23.7 Å². The van der Waals surface area contributed by atoms with Gasteiger partial charge in [0.05, 0.1) is 5.69 Å². The van der Waals surface area contributed by atoms with Crippen molar-refractivity contribution in [2.24, 2.45) is 0 Å². The molecule has 0 saturated heterocycles. The van der Waals surface area contributed by atoms with Gasteiger partial charge in [-0.05, 0) is 0 Å². The van der Waals surface area contributed by atoms with Gasteiger partial charge >= 0.3 is 0 Å². The predicted molar refractivity (Wildman–Crippen MR) is 43.4 cm³/mol. The van der Waals surface area contributed by atoms with Crippen LogP contribution in [-0.2, 0) is 5.33 Å². The fourth-order valence-electron chi connectivity index (χ4n) is 0.788. The van der Waals surface area contributed by atoms with E-state index in [1.54, 1.807) is 0 Å². The zero-order valence-electron chi connectivity index (χ0n) is 6.27. The second-order valence-corrected chi connectivity index (χ2v) is 2.82. The molecule has 0 fully saturated rings. The minimum Gasteiger partial charge on any atom is -0.506 e.